The highest BCUT2D eigenvalue weighted by Crippen LogP contribution is 2.24. The van der Waals surface area contributed by atoms with Crippen molar-refractivity contribution < 1.29 is 29.6 Å². The quantitative estimate of drug-likeness (QED) is 0.461. The van der Waals surface area contributed by atoms with Gasteiger partial charge in [0, 0.05) is 6.42 Å². The summed E-state index contributed by atoms with van der Waals surface area (Å²) in [6, 6.07) is 0. The summed E-state index contributed by atoms with van der Waals surface area (Å²) >= 11 is 0. The van der Waals surface area contributed by atoms with Gasteiger partial charge in [-0.25, -0.2) is 0 Å². The maximum Gasteiger partial charge on any atom is 0.249 e. The third kappa shape index (κ3) is 3.36. The lowest BCUT2D eigenvalue weighted by molar-refractivity contribution is -0.279. The molecule has 7 nitrogen and oxygen atoms in total. The predicted molar refractivity (Wildman–Crippen MR) is 56.7 cm³/mol. The first-order valence-corrected chi connectivity index (χ1v) is 5.38. The van der Waals surface area contributed by atoms with E-state index in [-0.39, 0.29) is 6.42 Å². The van der Waals surface area contributed by atoms with Crippen molar-refractivity contribution in [2.45, 2.75) is 50.5 Å². The predicted octanol–water partition coefficient (Wildman–Crippen LogP) is -1.90. The zero-order valence-electron chi connectivity index (χ0n) is 9.87. The number of rotatable bonds is 4. The molecule has 1 aliphatic heterocycles. The van der Waals surface area contributed by atoms with Crippen molar-refractivity contribution in [1.29, 1.82) is 0 Å². The van der Waals surface area contributed by atoms with Crippen LogP contribution in [0.3, 0.4) is 0 Å². The molecule has 1 aliphatic rings. The molecule has 0 radical (unpaired) electrons. The molecule has 0 aliphatic carbocycles. The number of ether oxygens (including phenoxy) is 2. The summed E-state index contributed by atoms with van der Waals surface area (Å²) in [5.41, 5.74) is 3.89. The van der Waals surface area contributed by atoms with Gasteiger partial charge in [0.25, 0.3) is 0 Å². The molecule has 0 saturated carbocycles. The van der Waals surface area contributed by atoms with Gasteiger partial charge in [-0.05, 0) is 13.8 Å². The molecule has 1 heterocycles. The largest absolute Gasteiger partial charge is 0.394 e. The van der Waals surface area contributed by atoms with Gasteiger partial charge in [-0.2, -0.15) is 0 Å². The molecule has 7 heteroatoms. The zero-order valence-corrected chi connectivity index (χ0v) is 9.87. The normalized spacial score (nSPS) is 34.6. The second kappa shape index (κ2) is 5.28. The van der Waals surface area contributed by atoms with Crippen LogP contribution in [0.4, 0.5) is 0 Å². The Kier molecular flexibility index (Phi) is 4.45. The van der Waals surface area contributed by atoms with Gasteiger partial charge in [-0.3, -0.25) is 4.79 Å². The summed E-state index contributed by atoms with van der Waals surface area (Å²) in [4.78, 5) is 11.1. The Labute approximate surface area is 99.1 Å². The van der Waals surface area contributed by atoms with Crippen LogP contribution in [0.1, 0.15) is 20.3 Å². The van der Waals surface area contributed by atoms with E-state index < -0.39 is 42.7 Å². The van der Waals surface area contributed by atoms with E-state index in [2.05, 4.69) is 0 Å². The first-order chi connectivity index (χ1) is 7.77. The molecule has 100 valence electrons. The van der Waals surface area contributed by atoms with Crippen LogP contribution in [0, 0.1) is 0 Å². The Balaban J connectivity index is 2.65. The van der Waals surface area contributed by atoms with Crippen LogP contribution in [0.25, 0.3) is 0 Å². The van der Waals surface area contributed by atoms with E-state index >= 15 is 0 Å². The topological polar surface area (TPSA) is 122 Å². The lowest BCUT2D eigenvalue weighted by Gasteiger charge is -2.38. The van der Waals surface area contributed by atoms with Gasteiger partial charge in [0.15, 0.2) is 6.29 Å². The second-order valence-electron chi connectivity index (χ2n) is 4.57. The SMILES string of the molecule is CC(C)(OC1CC(O)C(O)C(CO)O1)C(N)=O. The fourth-order valence-electron chi connectivity index (χ4n) is 1.53. The summed E-state index contributed by atoms with van der Waals surface area (Å²) in [7, 11) is 0. The highest BCUT2D eigenvalue weighted by molar-refractivity contribution is 5.82. The van der Waals surface area contributed by atoms with Crippen LogP contribution >= 0.6 is 0 Å². The van der Waals surface area contributed by atoms with Crippen LogP contribution in [-0.4, -0.2) is 58.0 Å². The number of carbonyl (C=O) groups is 1. The number of primary amides is 1. The van der Waals surface area contributed by atoms with Crippen molar-refractivity contribution >= 4 is 5.91 Å². The van der Waals surface area contributed by atoms with Crippen LogP contribution in [0.2, 0.25) is 0 Å². The molecule has 1 saturated heterocycles. The van der Waals surface area contributed by atoms with Gasteiger partial charge in [-0.1, -0.05) is 0 Å². The molecule has 1 amide bonds. The smallest absolute Gasteiger partial charge is 0.249 e. The van der Waals surface area contributed by atoms with Crippen molar-refractivity contribution in [2.24, 2.45) is 5.73 Å². The van der Waals surface area contributed by atoms with Crippen LogP contribution in [0.15, 0.2) is 0 Å². The summed E-state index contributed by atoms with van der Waals surface area (Å²) < 4.78 is 10.5. The van der Waals surface area contributed by atoms with E-state index in [1.54, 1.807) is 0 Å². The van der Waals surface area contributed by atoms with Crippen molar-refractivity contribution in [1.82, 2.24) is 0 Å². The fraction of sp³-hybridized carbons (Fsp3) is 0.900. The molecule has 0 aromatic rings. The Morgan fingerprint density at radius 1 is 1.53 bits per heavy atom. The number of carbonyl (C=O) groups excluding carboxylic acids is 1. The number of aliphatic hydroxyl groups is 3. The Morgan fingerprint density at radius 3 is 2.59 bits per heavy atom. The molecule has 1 rings (SSSR count). The molecular weight excluding hydrogens is 230 g/mol. The number of amides is 1. The maximum atomic E-state index is 11.1. The van der Waals surface area contributed by atoms with Crippen LogP contribution in [0.5, 0.6) is 0 Å². The van der Waals surface area contributed by atoms with Gasteiger partial charge in [0.05, 0.1) is 12.7 Å². The fourth-order valence-corrected chi connectivity index (χ4v) is 1.53. The van der Waals surface area contributed by atoms with Crippen LogP contribution in [-0.2, 0) is 14.3 Å². The molecule has 5 N–H and O–H groups in total. The second-order valence-corrected chi connectivity index (χ2v) is 4.57. The van der Waals surface area contributed by atoms with E-state index in [1.165, 1.54) is 13.8 Å². The molecule has 0 aromatic carbocycles. The van der Waals surface area contributed by atoms with E-state index in [4.69, 9.17) is 20.3 Å². The average Bonchev–Trinajstić information content (AvgIpc) is 2.22. The molecule has 0 aromatic heterocycles. The van der Waals surface area contributed by atoms with E-state index in [0.717, 1.165) is 0 Å². The number of hydrogen-bond donors (Lipinski definition) is 4. The minimum Gasteiger partial charge on any atom is -0.394 e. The first kappa shape index (κ1) is 14.3. The van der Waals surface area contributed by atoms with Crippen molar-refractivity contribution in [3.8, 4) is 0 Å². The molecule has 17 heavy (non-hydrogen) atoms. The van der Waals surface area contributed by atoms with Gasteiger partial charge in [0.1, 0.15) is 17.8 Å². The standard InChI is InChI=1S/C10H19NO6/c1-10(2,9(11)15)17-7-3-5(13)8(14)6(4-12)16-7/h5-8,12-14H,3-4H2,1-2H3,(H2,11,15). The Morgan fingerprint density at radius 2 is 2.12 bits per heavy atom. The lowest BCUT2D eigenvalue weighted by Crippen LogP contribution is -2.53. The lowest BCUT2D eigenvalue weighted by atomic mass is 10.0. The highest BCUT2D eigenvalue weighted by Gasteiger charge is 2.40. The highest BCUT2D eigenvalue weighted by atomic mass is 16.7. The maximum absolute atomic E-state index is 11.1. The van der Waals surface area contributed by atoms with E-state index in [1.807, 2.05) is 0 Å². The van der Waals surface area contributed by atoms with Gasteiger partial charge < -0.3 is 30.5 Å². The van der Waals surface area contributed by atoms with Gasteiger partial charge in [0.2, 0.25) is 5.91 Å². The monoisotopic (exact) mass is 249 g/mol. The van der Waals surface area contributed by atoms with Crippen molar-refractivity contribution in [2.75, 3.05) is 6.61 Å². The number of nitrogens with two attached hydrogens (primary N) is 1. The minimum absolute atomic E-state index is 0.00831. The minimum atomic E-state index is -1.24. The molecule has 0 bridgehead atoms. The van der Waals surface area contributed by atoms with Crippen molar-refractivity contribution in [3.63, 3.8) is 0 Å². The van der Waals surface area contributed by atoms with E-state index in [9.17, 15) is 15.0 Å². The Bertz CT molecular complexity index is 282. The first-order valence-electron chi connectivity index (χ1n) is 5.38. The molecule has 0 spiro atoms. The van der Waals surface area contributed by atoms with Crippen LogP contribution < -0.4 is 5.73 Å². The third-order valence-corrected chi connectivity index (χ3v) is 2.74. The summed E-state index contributed by atoms with van der Waals surface area (Å²) in [5, 5.41) is 28.0. The number of hydrogen-bond acceptors (Lipinski definition) is 6. The molecule has 4 atom stereocenters. The van der Waals surface area contributed by atoms with Crippen molar-refractivity contribution in [3.05, 3.63) is 0 Å². The summed E-state index contributed by atoms with van der Waals surface area (Å²) in [6.45, 7) is 2.50. The summed E-state index contributed by atoms with van der Waals surface area (Å²) in [5.74, 6) is -0.665. The van der Waals surface area contributed by atoms with Gasteiger partial charge >= 0.3 is 0 Å². The molecular formula is C10H19NO6. The number of aliphatic hydroxyl groups excluding tert-OH is 3. The molecule has 4 unspecified atom stereocenters. The van der Waals surface area contributed by atoms with E-state index in [0.29, 0.717) is 0 Å². The molecule has 1 fully saturated rings. The Hall–Kier alpha value is -0.730. The summed E-state index contributed by atoms with van der Waals surface area (Å²) in [6.07, 6.45) is -4.07. The zero-order chi connectivity index (χ0) is 13.2. The average molecular weight is 249 g/mol. The van der Waals surface area contributed by atoms with Gasteiger partial charge in [-0.15, -0.1) is 0 Å². The third-order valence-electron chi connectivity index (χ3n) is 2.74.